The second-order valence-electron chi connectivity index (χ2n) is 4.59. The minimum absolute atomic E-state index is 0.129. The first-order valence-corrected chi connectivity index (χ1v) is 5.78. The normalized spacial score (nSPS) is 10.7. The molecule has 0 radical (unpaired) electrons. The van der Waals surface area contributed by atoms with Gasteiger partial charge in [0.2, 0.25) is 0 Å². The summed E-state index contributed by atoms with van der Waals surface area (Å²) in [4.78, 5) is 12.3. The number of rotatable bonds is 2. The van der Waals surface area contributed by atoms with E-state index in [0.717, 1.165) is 5.56 Å². The molecule has 1 heterocycles. The maximum Gasteiger partial charge on any atom is 0.199 e. The average molecular weight is 246 g/mol. The van der Waals surface area contributed by atoms with E-state index in [9.17, 15) is 9.18 Å². The quantitative estimate of drug-likeness (QED) is 0.753. The van der Waals surface area contributed by atoms with Gasteiger partial charge in [0.1, 0.15) is 17.3 Å². The second-order valence-corrected chi connectivity index (χ2v) is 4.59. The maximum atomic E-state index is 13.9. The van der Waals surface area contributed by atoms with Gasteiger partial charge in [0.15, 0.2) is 5.78 Å². The summed E-state index contributed by atoms with van der Waals surface area (Å²) in [5.41, 5.74) is 2.01. The summed E-state index contributed by atoms with van der Waals surface area (Å²) in [5.74, 6) is 0.382. The molecule has 0 bridgehead atoms. The number of hydrogen-bond acceptors (Lipinski definition) is 2. The molecule has 1 aromatic heterocycles. The van der Waals surface area contributed by atoms with E-state index in [1.165, 1.54) is 6.07 Å². The molecule has 18 heavy (non-hydrogen) atoms. The molecule has 0 fully saturated rings. The van der Waals surface area contributed by atoms with Crippen molar-refractivity contribution in [1.82, 2.24) is 0 Å². The first-order valence-electron chi connectivity index (χ1n) is 5.78. The van der Waals surface area contributed by atoms with Gasteiger partial charge in [-0.3, -0.25) is 4.79 Å². The standard InChI is InChI=1S/C15H15FO2/c1-8-5-9(2)14(13(16)6-8)15(17)12-7-10(3)18-11(12)4/h5-7H,1-4H3. The first-order chi connectivity index (χ1) is 8.40. The molecule has 0 saturated carbocycles. The van der Waals surface area contributed by atoms with Crippen LogP contribution in [0.2, 0.25) is 0 Å². The number of carbonyl (C=O) groups excluding carboxylic acids is 1. The first kappa shape index (κ1) is 12.6. The third-order valence-corrected chi connectivity index (χ3v) is 2.94. The van der Waals surface area contributed by atoms with E-state index in [4.69, 9.17) is 4.42 Å². The van der Waals surface area contributed by atoms with Crippen molar-refractivity contribution in [1.29, 1.82) is 0 Å². The van der Waals surface area contributed by atoms with Crippen LogP contribution in [0.5, 0.6) is 0 Å². The van der Waals surface area contributed by atoms with E-state index in [-0.39, 0.29) is 11.3 Å². The van der Waals surface area contributed by atoms with Gasteiger partial charge < -0.3 is 4.42 Å². The molecule has 2 nitrogen and oxygen atoms in total. The smallest absolute Gasteiger partial charge is 0.199 e. The van der Waals surface area contributed by atoms with Gasteiger partial charge in [0.25, 0.3) is 0 Å². The molecule has 2 aromatic rings. The van der Waals surface area contributed by atoms with E-state index in [2.05, 4.69) is 0 Å². The molecule has 0 aliphatic carbocycles. The Morgan fingerprint density at radius 1 is 1.11 bits per heavy atom. The zero-order chi connectivity index (χ0) is 13.4. The second kappa shape index (κ2) is 4.41. The van der Waals surface area contributed by atoms with Gasteiger partial charge in [-0.1, -0.05) is 6.07 Å². The molecular weight excluding hydrogens is 231 g/mol. The summed E-state index contributed by atoms with van der Waals surface area (Å²) in [5, 5.41) is 0. The Labute approximate surface area is 105 Å². The molecule has 0 atom stereocenters. The van der Waals surface area contributed by atoms with Crippen LogP contribution in [-0.2, 0) is 0 Å². The highest BCUT2D eigenvalue weighted by atomic mass is 19.1. The summed E-state index contributed by atoms with van der Waals surface area (Å²) in [7, 11) is 0. The molecule has 94 valence electrons. The topological polar surface area (TPSA) is 30.2 Å². The molecule has 0 amide bonds. The number of furan rings is 1. The van der Waals surface area contributed by atoms with E-state index in [1.54, 1.807) is 39.8 Å². The van der Waals surface area contributed by atoms with Crippen LogP contribution < -0.4 is 0 Å². The summed E-state index contributed by atoms with van der Waals surface area (Å²) in [6.07, 6.45) is 0. The van der Waals surface area contributed by atoms with Gasteiger partial charge >= 0.3 is 0 Å². The Bertz CT molecular complexity index is 600. The van der Waals surface area contributed by atoms with E-state index in [1.807, 2.05) is 0 Å². The SMILES string of the molecule is Cc1cc(C)c(C(=O)c2cc(C)oc2C)c(F)c1. The van der Waals surface area contributed by atoms with Crippen molar-refractivity contribution >= 4 is 5.78 Å². The summed E-state index contributed by atoms with van der Waals surface area (Å²) < 4.78 is 19.3. The molecule has 0 aliphatic heterocycles. The Morgan fingerprint density at radius 3 is 2.28 bits per heavy atom. The number of benzene rings is 1. The summed E-state index contributed by atoms with van der Waals surface area (Å²) >= 11 is 0. The lowest BCUT2D eigenvalue weighted by Crippen LogP contribution is -2.07. The number of hydrogen-bond donors (Lipinski definition) is 0. The van der Waals surface area contributed by atoms with Crippen LogP contribution in [-0.4, -0.2) is 5.78 Å². The third-order valence-electron chi connectivity index (χ3n) is 2.94. The summed E-state index contributed by atoms with van der Waals surface area (Å²) in [6.45, 7) is 7.02. The van der Waals surface area contributed by atoms with Gasteiger partial charge in [-0.2, -0.15) is 0 Å². The van der Waals surface area contributed by atoms with Crippen molar-refractivity contribution in [3.8, 4) is 0 Å². The van der Waals surface area contributed by atoms with Crippen molar-refractivity contribution in [3.05, 3.63) is 57.8 Å². The fraction of sp³-hybridized carbons (Fsp3) is 0.267. The lowest BCUT2D eigenvalue weighted by atomic mass is 9.97. The highest BCUT2D eigenvalue weighted by molar-refractivity contribution is 6.10. The van der Waals surface area contributed by atoms with Gasteiger partial charge in [0, 0.05) is 0 Å². The van der Waals surface area contributed by atoms with Crippen molar-refractivity contribution in [2.24, 2.45) is 0 Å². The minimum Gasteiger partial charge on any atom is -0.466 e. The molecule has 0 unspecified atom stereocenters. The van der Waals surface area contributed by atoms with E-state index in [0.29, 0.717) is 22.6 Å². The molecule has 0 spiro atoms. The van der Waals surface area contributed by atoms with Crippen LogP contribution in [0.1, 0.15) is 38.6 Å². The molecule has 0 aliphatic rings. The van der Waals surface area contributed by atoms with Gasteiger partial charge in [-0.25, -0.2) is 4.39 Å². The number of aryl methyl sites for hydroxylation is 4. The van der Waals surface area contributed by atoms with Crippen LogP contribution >= 0.6 is 0 Å². The van der Waals surface area contributed by atoms with Crippen LogP contribution in [0.3, 0.4) is 0 Å². The predicted octanol–water partition coefficient (Wildman–Crippen LogP) is 3.88. The summed E-state index contributed by atoms with van der Waals surface area (Å²) in [6, 6.07) is 4.83. The Hall–Kier alpha value is -1.90. The molecule has 0 saturated heterocycles. The van der Waals surface area contributed by atoms with Crippen LogP contribution in [0.15, 0.2) is 22.6 Å². The van der Waals surface area contributed by atoms with Crippen molar-refractivity contribution < 1.29 is 13.6 Å². The fourth-order valence-corrected chi connectivity index (χ4v) is 2.19. The van der Waals surface area contributed by atoms with E-state index < -0.39 is 5.82 Å². The van der Waals surface area contributed by atoms with Crippen LogP contribution in [0.4, 0.5) is 4.39 Å². The Balaban J connectivity index is 2.56. The van der Waals surface area contributed by atoms with Crippen molar-refractivity contribution in [2.45, 2.75) is 27.7 Å². The lowest BCUT2D eigenvalue weighted by molar-refractivity contribution is 0.103. The van der Waals surface area contributed by atoms with Crippen LogP contribution in [0, 0.1) is 33.5 Å². The monoisotopic (exact) mass is 246 g/mol. The molecule has 3 heteroatoms. The molecule has 0 N–H and O–H groups in total. The number of ketones is 1. The average Bonchev–Trinajstić information content (AvgIpc) is 2.56. The fourth-order valence-electron chi connectivity index (χ4n) is 2.19. The number of halogens is 1. The zero-order valence-electron chi connectivity index (χ0n) is 10.9. The van der Waals surface area contributed by atoms with Gasteiger partial charge in [-0.15, -0.1) is 0 Å². The predicted molar refractivity (Wildman–Crippen MR) is 67.5 cm³/mol. The van der Waals surface area contributed by atoms with Crippen molar-refractivity contribution in [2.75, 3.05) is 0 Å². The van der Waals surface area contributed by atoms with Gasteiger partial charge in [0.05, 0.1) is 11.1 Å². The van der Waals surface area contributed by atoms with Crippen molar-refractivity contribution in [3.63, 3.8) is 0 Å². The highest BCUT2D eigenvalue weighted by Crippen LogP contribution is 2.23. The molecule has 2 rings (SSSR count). The largest absolute Gasteiger partial charge is 0.466 e. The van der Waals surface area contributed by atoms with Gasteiger partial charge in [-0.05, 0) is 51.0 Å². The molecule has 1 aromatic carbocycles. The zero-order valence-corrected chi connectivity index (χ0v) is 10.9. The Kier molecular flexibility index (Phi) is 3.07. The minimum atomic E-state index is -0.476. The number of carbonyl (C=O) groups is 1. The lowest BCUT2D eigenvalue weighted by Gasteiger charge is -2.07. The maximum absolute atomic E-state index is 13.9. The highest BCUT2D eigenvalue weighted by Gasteiger charge is 2.21. The Morgan fingerprint density at radius 2 is 1.78 bits per heavy atom. The van der Waals surface area contributed by atoms with Crippen LogP contribution in [0.25, 0.3) is 0 Å². The van der Waals surface area contributed by atoms with E-state index >= 15 is 0 Å². The third kappa shape index (κ3) is 2.08. The molecular formula is C15H15FO2.